The number of benzene rings is 2. The summed E-state index contributed by atoms with van der Waals surface area (Å²) in [4.78, 5) is 0.0427. The molecule has 2 aromatic rings. The van der Waals surface area contributed by atoms with E-state index in [0.29, 0.717) is 11.3 Å². The van der Waals surface area contributed by atoms with Crippen molar-refractivity contribution >= 4 is 21.4 Å². The summed E-state index contributed by atoms with van der Waals surface area (Å²) in [5, 5.41) is 0. The average Bonchev–Trinajstić information content (AvgIpc) is 2.38. The van der Waals surface area contributed by atoms with Gasteiger partial charge in [0.05, 0.1) is 11.4 Å². The Hall–Kier alpha value is -2.45. The van der Waals surface area contributed by atoms with Crippen LogP contribution in [-0.2, 0) is 10.0 Å². The SMILES string of the molecule is C#Cc1cccc(NS(=O)(=O)c2ccccc2N)c1. The normalized spacial score (nSPS) is 10.7. The van der Waals surface area contributed by atoms with Gasteiger partial charge in [-0.25, -0.2) is 8.42 Å². The molecule has 0 unspecified atom stereocenters. The minimum absolute atomic E-state index is 0.0427. The number of hydrogen-bond donors (Lipinski definition) is 2. The van der Waals surface area contributed by atoms with Gasteiger partial charge in [-0.05, 0) is 30.3 Å². The van der Waals surface area contributed by atoms with Gasteiger partial charge in [0, 0.05) is 5.56 Å². The first-order chi connectivity index (χ1) is 9.03. The fraction of sp³-hybridized carbons (Fsp3) is 0. The molecule has 0 fully saturated rings. The van der Waals surface area contributed by atoms with Crippen molar-refractivity contribution in [3.63, 3.8) is 0 Å². The molecule has 2 aromatic carbocycles. The second-order valence-corrected chi connectivity index (χ2v) is 5.52. The van der Waals surface area contributed by atoms with E-state index in [1.807, 2.05) is 0 Å². The van der Waals surface area contributed by atoms with E-state index < -0.39 is 10.0 Å². The molecule has 2 rings (SSSR count). The zero-order chi connectivity index (χ0) is 13.9. The van der Waals surface area contributed by atoms with E-state index in [-0.39, 0.29) is 10.6 Å². The highest BCUT2D eigenvalue weighted by Crippen LogP contribution is 2.21. The standard InChI is InChI=1S/C14H12N2O2S/c1-2-11-6-5-7-12(10-11)16-19(17,18)14-9-4-3-8-13(14)15/h1,3-10,16H,15H2. The van der Waals surface area contributed by atoms with Crippen LogP contribution in [0.15, 0.2) is 53.4 Å². The molecule has 0 radical (unpaired) electrons. The molecule has 0 saturated heterocycles. The Bertz CT molecular complexity index is 746. The van der Waals surface area contributed by atoms with Gasteiger partial charge in [0.2, 0.25) is 0 Å². The van der Waals surface area contributed by atoms with Crippen LogP contribution in [0.25, 0.3) is 0 Å². The Morgan fingerprint density at radius 3 is 2.53 bits per heavy atom. The van der Waals surface area contributed by atoms with Crippen molar-refractivity contribution in [2.24, 2.45) is 0 Å². The van der Waals surface area contributed by atoms with Crippen LogP contribution >= 0.6 is 0 Å². The molecule has 96 valence electrons. The summed E-state index contributed by atoms with van der Waals surface area (Å²) >= 11 is 0. The first kappa shape index (κ1) is 13.0. The van der Waals surface area contributed by atoms with Crippen molar-refractivity contribution < 1.29 is 8.42 Å². The number of nitrogen functional groups attached to an aromatic ring is 1. The van der Waals surface area contributed by atoms with Crippen LogP contribution in [0, 0.1) is 12.3 Å². The molecular formula is C14H12N2O2S. The topological polar surface area (TPSA) is 72.2 Å². The van der Waals surface area contributed by atoms with Crippen molar-refractivity contribution in [1.29, 1.82) is 0 Å². The molecule has 0 saturated carbocycles. The highest BCUT2D eigenvalue weighted by Gasteiger charge is 2.16. The van der Waals surface area contributed by atoms with Gasteiger partial charge in [-0.2, -0.15) is 0 Å². The third kappa shape index (κ3) is 2.87. The van der Waals surface area contributed by atoms with Crippen LogP contribution in [-0.4, -0.2) is 8.42 Å². The highest BCUT2D eigenvalue weighted by atomic mass is 32.2. The summed E-state index contributed by atoms with van der Waals surface area (Å²) in [6.07, 6.45) is 5.27. The second kappa shape index (κ2) is 5.04. The van der Waals surface area contributed by atoms with Gasteiger partial charge in [-0.1, -0.05) is 24.1 Å². The fourth-order valence-corrected chi connectivity index (χ4v) is 2.79. The number of rotatable bonds is 3. The molecule has 0 aromatic heterocycles. The van der Waals surface area contributed by atoms with E-state index in [1.165, 1.54) is 12.1 Å². The Balaban J connectivity index is 2.37. The Labute approximate surface area is 112 Å². The van der Waals surface area contributed by atoms with E-state index in [9.17, 15) is 8.42 Å². The Kier molecular flexibility index (Phi) is 3.45. The second-order valence-electron chi connectivity index (χ2n) is 3.87. The number of sulfonamides is 1. The van der Waals surface area contributed by atoms with E-state index >= 15 is 0 Å². The lowest BCUT2D eigenvalue weighted by atomic mass is 10.2. The highest BCUT2D eigenvalue weighted by molar-refractivity contribution is 7.92. The third-order valence-electron chi connectivity index (χ3n) is 2.49. The van der Waals surface area contributed by atoms with Crippen molar-refractivity contribution in [3.8, 4) is 12.3 Å². The lowest BCUT2D eigenvalue weighted by Crippen LogP contribution is -2.14. The van der Waals surface area contributed by atoms with E-state index in [4.69, 9.17) is 12.2 Å². The summed E-state index contributed by atoms with van der Waals surface area (Å²) in [6.45, 7) is 0. The van der Waals surface area contributed by atoms with Crippen LogP contribution in [0.4, 0.5) is 11.4 Å². The van der Waals surface area contributed by atoms with Crippen molar-refractivity contribution in [1.82, 2.24) is 0 Å². The van der Waals surface area contributed by atoms with Crippen molar-refractivity contribution in [2.45, 2.75) is 4.90 Å². The first-order valence-electron chi connectivity index (χ1n) is 5.47. The van der Waals surface area contributed by atoms with Gasteiger partial charge < -0.3 is 5.73 Å². The molecule has 0 spiro atoms. The minimum atomic E-state index is -3.71. The third-order valence-corrected chi connectivity index (χ3v) is 3.95. The Morgan fingerprint density at radius 2 is 1.84 bits per heavy atom. The van der Waals surface area contributed by atoms with Gasteiger partial charge in [-0.3, -0.25) is 4.72 Å². The zero-order valence-electron chi connectivity index (χ0n) is 10.00. The lowest BCUT2D eigenvalue weighted by molar-refractivity contribution is 0.601. The zero-order valence-corrected chi connectivity index (χ0v) is 10.8. The van der Waals surface area contributed by atoms with Crippen molar-refractivity contribution in [2.75, 3.05) is 10.5 Å². The van der Waals surface area contributed by atoms with Crippen molar-refractivity contribution in [3.05, 3.63) is 54.1 Å². The van der Waals surface area contributed by atoms with Gasteiger partial charge in [0.15, 0.2) is 0 Å². The molecular weight excluding hydrogens is 260 g/mol. The first-order valence-corrected chi connectivity index (χ1v) is 6.95. The summed E-state index contributed by atoms with van der Waals surface area (Å²) in [6, 6.07) is 12.9. The maximum absolute atomic E-state index is 12.2. The molecule has 3 N–H and O–H groups in total. The van der Waals surface area contributed by atoms with Crippen LogP contribution < -0.4 is 10.5 Å². The molecule has 0 bridgehead atoms. The number of hydrogen-bond acceptors (Lipinski definition) is 3. The molecule has 0 aliphatic heterocycles. The van der Waals surface area contributed by atoms with Gasteiger partial charge in [0.1, 0.15) is 4.90 Å². The van der Waals surface area contributed by atoms with Gasteiger partial charge >= 0.3 is 0 Å². The lowest BCUT2D eigenvalue weighted by Gasteiger charge is -2.10. The van der Waals surface area contributed by atoms with E-state index in [2.05, 4.69) is 10.6 Å². The fourth-order valence-electron chi connectivity index (χ4n) is 1.61. The van der Waals surface area contributed by atoms with Crippen LogP contribution in [0.5, 0.6) is 0 Å². The van der Waals surface area contributed by atoms with Crippen LogP contribution in [0.2, 0.25) is 0 Å². The van der Waals surface area contributed by atoms with Crippen LogP contribution in [0.1, 0.15) is 5.56 Å². The predicted molar refractivity (Wildman–Crippen MR) is 76.0 cm³/mol. The quantitative estimate of drug-likeness (QED) is 0.663. The number of terminal acetylenes is 1. The maximum atomic E-state index is 12.2. The van der Waals surface area contributed by atoms with Crippen LogP contribution in [0.3, 0.4) is 0 Å². The van der Waals surface area contributed by atoms with Gasteiger partial charge in [-0.15, -0.1) is 6.42 Å². The number of anilines is 2. The molecule has 0 aliphatic carbocycles. The molecule has 0 atom stereocenters. The smallest absolute Gasteiger partial charge is 0.263 e. The molecule has 0 heterocycles. The van der Waals surface area contributed by atoms with E-state index in [1.54, 1.807) is 36.4 Å². The van der Waals surface area contributed by atoms with E-state index in [0.717, 1.165) is 0 Å². The molecule has 4 nitrogen and oxygen atoms in total. The maximum Gasteiger partial charge on any atom is 0.263 e. The summed E-state index contributed by atoms with van der Waals surface area (Å²) in [5.74, 6) is 2.44. The monoisotopic (exact) mass is 272 g/mol. The molecule has 19 heavy (non-hydrogen) atoms. The molecule has 0 amide bonds. The summed E-state index contributed by atoms with van der Waals surface area (Å²) in [7, 11) is -3.71. The number of nitrogens with one attached hydrogen (secondary N) is 1. The average molecular weight is 272 g/mol. The predicted octanol–water partition coefficient (Wildman–Crippen LogP) is 2.05. The Morgan fingerprint density at radius 1 is 1.11 bits per heavy atom. The molecule has 5 heteroatoms. The number of para-hydroxylation sites is 1. The summed E-state index contributed by atoms with van der Waals surface area (Å²) < 4.78 is 26.8. The van der Waals surface area contributed by atoms with Gasteiger partial charge in [0.25, 0.3) is 10.0 Å². The largest absolute Gasteiger partial charge is 0.398 e. The number of nitrogens with two attached hydrogens (primary N) is 1. The minimum Gasteiger partial charge on any atom is -0.398 e. The molecule has 0 aliphatic rings. The summed E-state index contributed by atoms with van der Waals surface area (Å²) in [5.41, 5.74) is 6.86.